The highest BCUT2D eigenvalue weighted by Crippen LogP contribution is 2.21. The number of ketones is 1. The van der Waals surface area contributed by atoms with Crippen molar-refractivity contribution in [2.45, 2.75) is 20.4 Å². The fourth-order valence-corrected chi connectivity index (χ4v) is 1.91. The monoisotopic (exact) mass is 270 g/mol. The molecule has 1 heterocycles. The van der Waals surface area contributed by atoms with Gasteiger partial charge in [0.2, 0.25) is 0 Å². The van der Waals surface area contributed by atoms with Gasteiger partial charge in [-0.25, -0.2) is 0 Å². The first kappa shape index (κ1) is 14.1. The van der Waals surface area contributed by atoms with Gasteiger partial charge in [-0.2, -0.15) is 5.10 Å². The first-order valence-electron chi connectivity index (χ1n) is 6.53. The van der Waals surface area contributed by atoms with Crippen LogP contribution in [-0.4, -0.2) is 22.7 Å². The molecule has 20 heavy (non-hydrogen) atoms. The van der Waals surface area contributed by atoms with Crippen molar-refractivity contribution >= 4 is 11.9 Å². The normalized spacial score (nSPS) is 10.9. The van der Waals surface area contributed by atoms with Gasteiger partial charge in [0.15, 0.2) is 5.78 Å². The lowest BCUT2D eigenvalue weighted by molar-refractivity contribution is 0.104. The summed E-state index contributed by atoms with van der Waals surface area (Å²) in [6.45, 7) is 4.74. The zero-order valence-corrected chi connectivity index (χ0v) is 12.0. The van der Waals surface area contributed by atoms with Gasteiger partial charge in [0.25, 0.3) is 0 Å². The number of aromatic nitrogens is 2. The first-order chi connectivity index (χ1) is 9.63. The fraction of sp³-hybridized carbons (Fsp3) is 0.250. The van der Waals surface area contributed by atoms with Gasteiger partial charge in [-0.05, 0) is 38.1 Å². The molecule has 0 radical (unpaired) electrons. The van der Waals surface area contributed by atoms with Crippen molar-refractivity contribution in [2.24, 2.45) is 0 Å². The molecule has 0 aliphatic carbocycles. The van der Waals surface area contributed by atoms with E-state index in [0.29, 0.717) is 5.56 Å². The lowest BCUT2D eigenvalue weighted by Crippen LogP contribution is -1.95. The quantitative estimate of drug-likeness (QED) is 0.619. The van der Waals surface area contributed by atoms with E-state index in [1.54, 1.807) is 36.3 Å². The number of aryl methyl sites for hydroxylation is 2. The summed E-state index contributed by atoms with van der Waals surface area (Å²) in [7, 11) is 1.62. The topological polar surface area (TPSA) is 44.1 Å². The number of hydrogen-bond donors (Lipinski definition) is 0. The Hall–Kier alpha value is -2.36. The maximum atomic E-state index is 12.1. The summed E-state index contributed by atoms with van der Waals surface area (Å²) >= 11 is 0. The Morgan fingerprint density at radius 2 is 2.25 bits per heavy atom. The molecule has 1 aromatic carbocycles. The molecule has 0 atom stereocenters. The van der Waals surface area contributed by atoms with E-state index >= 15 is 0 Å². The highest BCUT2D eigenvalue weighted by molar-refractivity contribution is 6.06. The minimum Gasteiger partial charge on any atom is -0.496 e. The van der Waals surface area contributed by atoms with Crippen LogP contribution in [0.5, 0.6) is 5.75 Å². The molecular formula is C16H18N2O2. The van der Waals surface area contributed by atoms with Crippen LogP contribution in [0.3, 0.4) is 0 Å². The molecule has 0 aliphatic heterocycles. The van der Waals surface area contributed by atoms with Crippen molar-refractivity contribution in [3.63, 3.8) is 0 Å². The van der Waals surface area contributed by atoms with Crippen LogP contribution in [0.15, 0.2) is 36.7 Å². The number of benzene rings is 1. The van der Waals surface area contributed by atoms with Crippen LogP contribution >= 0.6 is 0 Å². The first-order valence-corrected chi connectivity index (χ1v) is 6.53. The number of carbonyl (C=O) groups is 1. The third-order valence-corrected chi connectivity index (χ3v) is 3.04. The number of hydrogen-bond acceptors (Lipinski definition) is 3. The van der Waals surface area contributed by atoms with Crippen LogP contribution in [0.1, 0.15) is 28.4 Å². The van der Waals surface area contributed by atoms with Crippen molar-refractivity contribution in [3.05, 3.63) is 53.4 Å². The largest absolute Gasteiger partial charge is 0.496 e. The molecule has 0 bridgehead atoms. The lowest BCUT2D eigenvalue weighted by Gasteiger charge is -2.05. The SMILES string of the molecule is CCn1cc(C(=O)C=Cc2cc(C)ccc2OC)cn1. The number of carbonyl (C=O) groups excluding carboxylic acids is 1. The zero-order valence-electron chi connectivity index (χ0n) is 12.0. The summed E-state index contributed by atoms with van der Waals surface area (Å²) in [4.78, 5) is 12.1. The Kier molecular flexibility index (Phi) is 4.35. The van der Waals surface area contributed by atoms with Gasteiger partial charge in [-0.1, -0.05) is 11.6 Å². The minimum absolute atomic E-state index is 0.0618. The van der Waals surface area contributed by atoms with Gasteiger partial charge >= 0.3 is 0 Å². The molecule has 0 saturated heterocycles. The second-order valence-corrected chi connectivity index (χ2v) is 4.53. The molecule has 0 spiro atoms. The molecule has 0 N–H and O–H groups in total. The number of methoxy groups -OCH3 is 1. The smallest absolute Gasteiger partial charge is 0.189 e. The third kappa shape index (κ3) is 3.15. The maximum Gasteiger partial charge on any atom is 0.189 e. The summed E-state index contributed by atoms with van der Waals surface area (Å²) in [6.07, 6.45) is 6.66. The Labute approximate surface area is 118 Å². The summed E-state index contributed by atoms with van der Waals surface area (Å²) in [5, 5.41) is 4.10. The molecule has 2 aromatic rings. The van der Waals surface area contributed by atoms with E-state index in [2.05, 4.69) is 5.10 Å². The Balaban J connectivity index is 2.20. The standard InChI is InChI=1S/C16H18N2O2/c1-4-18-11-14(10-17-18)15(19)7-6-13-9-12(2)5-8-16(13)20-3/h5-11H,4H2,1-3H3. The van der Waals surface area contributed by atoms with Crippen LogP contribution in [-0.2, 0) is 6.54 Å². The van der Waals surface area contributed by atoms with Gasteiger partial charge < -0.3 is 4.74 Å². The summed E-state index contributed by atoms with van der Waals surface area (Å²) in [6, 6.07) is 5.86. The van der Waals surface area contributed by atoms with E-state index in [9.17, 15) is 4.79 Å². The average Bonchev–Trinajstić information content (AvgIpc) is 2.94. The number of ether oxygens (including phenoxy) is 1. The predicted molar refractivity (Wildman–Crippen MR) is 79.0 cm³/mol. The van der Waals surface area contributed by atoms with Crippen molar-refractivity contribution in [3.8, 4) is 5.75 Å². The lowest BCUT2D eigenvalue weighted by atomic mass is 10.1. The molecule has 4 heteroatoms. The van der Waals surface area contributed by atoms with Gasteiger partial charge in [-0.3, -0.25) is 9.48 Å². The molecule has 0 amide bonds. The second kappa shape index (κ2) is 6.19. The van der Waals surface area contributed by atoms with Crippen LogP contribution in [0.2, 0.25) is 0 Å². The van der Waals surface area contributed by atoms with Gasteiger partial charge in [0, 0.05) is 18.3 Å². The van der Waals surface area contributed by atoms with Crippen LogP contribution in [0.25, 0.3) is 6.08 Å². The fourth-order valence-electron chi connectivity index (χ4n) is 1.91. The van der Waals surface area contributed by atoms with Crippen LogP contribution in [0.4, 0.5) is 0 Å². The highest BCUT2D eigenvalue weighted by Gasteiger charge is 2.06. The van der Waals surface area contributed by atoms with Crippen molar-refractivity contribution in [2.75, 3.05) is 7.11 Å². The molecule has 0 aliphatic rings. The second-order valence-electron chi connectivity index (χ2n) is 4.53. The Morgan fingerprint density at radius 1 is 1.45 bits per heavy atom. The molecule has 2 rings (SSSR count). The molecule has 0 saturated carbocycles. The molecule has 0 fully saturated rings. The average molecular weight is 270 g/mol. The van der Waals surface area contributed by atoms with E-state index < -0.39 is 0 Å². The maximum absolute atomic E-state index is 12.1. The van der Waals surface area contributed by atoms with E-state index in [0.717, 1.165) is 23.4 Å². The van der Waals surface area contributed by atoms with Crippen LogP contribution < -0.4 is 4.74 Å². The zero-order chi connectivity index (χ0) is 14.5. The van der Waals surface area contributed by atoms with Gasteiger partial charge in [-0.15, -0.1) is 0 Å². The van der Waals surface area contributed by atoms with E-state index in [-0.39, 0.29) is 5.78 Å². The summed E-state index contributed by atoms with van der Waals surface area (Å²) < 4.78 is 7.01. The summed E-state index contributed by atoms with van der Waals surface area (Å²) in [5.41, 5.74) is 2.61. The predicted octanol–water partition coefficient (Wildman–Crippen LogP) is 3.12. The molecule has 1 aromatic heterocycles. The van der Waals surface area contributed by atoms with Gasteiger partial charge in [0.1, 0.15) is 5.75 Å². The number of rotatable bonds is 5. The molecule has 104 valence electrons. The summed E-state index contributed by atoms with van der Waals surface area (Å²) in [5.74, 6) is 0.692. The minimum atomic E-state index is -0.0618. The number of allylic oxidation sites excluding steroid dienone is 1. The van der Waals surface area contributed by atoms with Crippen molar-refractivity contribution < 1.29 is 9.53 Å². The molecule has 4 nitrogen and oxygen atoms in total. The van der Waals surface area contributed by atoms with Crippen LogP contribution in [0, 0.1) is 6.92 Å². The third-order valence-electron chi connectivity index (χ3n) is 3.04. The van der Waals surface area contributed by atoms with Crippen molar-refractivity contribution in [1.29, 1.82) is 0 Å². The number of nitrogens with zero attached hydrogens (tertiary/aromatic N) is 2. The molecule has 0 unspecified atom stereocenters. The van der Waals surface area contributed by atoms with Gasteiger partial charge in [0.05, 0.1) is 18.9 Å². The Morgan fingerprint density at radius 3 is 2.90 bits per heavy atom. The molecular weight excluding hydrogens is 252 g/mol. The van der Waals surface area contributed by atoms with E-state index in [4.69, 9.17) is 4.74 Å². The van der Waals surface area contributed by atoms with E-state index in [1.807, 2.05) is 32.0 Å². The Bertz CT molecular complexity index is 642. The highest BCUT2D eigenvalue weighted by atomic mass is 16.5. The van der Waals surface area contributed by atoms with E-state index in [1.165, 1.54) is 0 Å². The van der Waals surface area contributed by atoms with Crippen molar-refractivity contribution in [1.82, 2.24) is 9.78 Å².